The molecule has 0 bridgehead atoms. The summed E-state index contributed by atoms with van der Waals surface area (Å²) >= 11 is 0. The molecule has 0 fully saturated rings. The van der Waals surface area contributed by atoms with Gasteiger partial charge >= 0.3 is 12.1 Å². The van der Waals surface area contributed by atoms with Gasteiger partial charge in [0.2, 0.25) is 0 Å². The van der Waals surface area contributed by atoms with Crippen molar-refractivity contribution in [2.24, 2.45) is 0 Å². The molecule has 0 aromatic heterocycles. The largest absolute Gasteiger partial charge is 0.465 e. The first kappa shape index (κ1) is 15.8. The molecule has 108 valence electrons. The van der Waals surface area contributed by atoms with Crippen molar-refractivity contribution in [2.75, 3.05) is 19.8 Å². The molecule has 0 aliphatic heterocycles. The molecule has 0 unspecified atom stereocenters. The predicted octanol–water partition coefficient (Wildman–Crippen LogP) is 2.37. The van der Waals surface area contributed by atoms with Gasteiger partial charge in [0.25, 0.3) is 0 Å². The first-order valence-electron chi connectivity index (χ1n) is 6.39. The van der Waals surface area contributed by atoms with E-state index in [1.807, 2.05) is 30.3 Å². The van der Waals surface area contributed by atoms with Crippen LogP contribution >= 0.6 is 0 Å². The van der Waals surface area contributed by atoms with Crippen molar-refractivity contribution in [1.82, 2.24) is 4.90 Å². The van der Waals surface area contributed by atoms with Gasteiger partial charge in [-0.2, -0.15) is 0 Å². The van der Waals surface area contributed by atoms with E-state index in [0.717, 1.165) is 5.56 Å². The van der Waals surface area contributed by atoms with E-state index >= 15 is 0 Å². The second-order valence-corrected chi connectivity index (χ2v) is 4.01. The van der Waals surface area contributed by atoms with Gasteiger partial charge in [-0.3, -0.25) is 9.69 Å². The van der Waals surface area contributed by atoms with Crippen LogP contribution in [0.2, 0.25) is 0 Å². The zero-order valence-corrected chi connectivity index (χ0v) is 11.6. The molecule has 20 heavy (non-hydrogen) atoms. The standard InChI is InChI=1S/C15H19NO4/c1-3-10-20-15(18)16(12-14(17)19-4-2)11-13-8-6-5-7-9-13/h3,5-9H,1,4,10-12H2,2H3. The topological polar surface area (TPSA) is 55.8 Å². The van der Waals surface area contributed by atoms with Gasteiger partial charge in [-0.25, -0.2) is 4.79 Å². The van der Waals surface area contributed by atoms with E-state index in [2.05, 4.69) is 6.58 Å². The number of carbonyl (C=O) groups excluding carboxylic acids is 2. The van der Waals surface area contributed by atoms with Crippen LogP contribution in [0.5, 0.6) is 0 Å². The lowest BCUT2D eigenvalue weighted by molar-refractivity contribution is -0.144. The van der Waals surface area contributed by atoms with Gasteiger partial charge in [-0.1, -0.05) is 43.0 Å². The summed E-state index contributed by atoms with van der Waals surface area (Å²) in [6.07, 6.45) is 0.907. The van der Waals surface area contributed by atoms with E-state index < -0.39 is 12.1 Å². The number of ether oxygens (including phenoxy) is 2. The second-order valence-electron chi connectivity index (χ2n) is 4.01. The van der Waals surface area contributed by atoms with Crippen LogP contribution in [0.25, 0.3) is 0 Å². The molecule has 0 N–H and O–H groups in total. The SMILES string of the molecule is C=CCOC(=O)N(CC(=O)OCC)Cc1ccccc1. The number of benzene rings is 1. The normalized spacial score (nSPS) is 9.65. The Morgan fingerprint density at radius 1 is 1.25 bits per heavy atom. The first-order chi connectivity index (χ1) is 9.67. The first-order valence-corrected chi connectivity index (χ1v) is 6.39. The fourth-order valence-electron chi connectivity index (χ4n) is 1.57. The average Bonchev–Trinajstić information content (AvgIpc) is 2.45. The zero-order chi connectivity index (χ0) is 14.8. The molecular formula is C15H19NO4. The molecule has 0 spiro atoms. The van der Waals surface area contributed by atoms with Crippen LogP contribution in [0.1, 0.15) is 12.5 Å². The van der Waals surface area contributed by atoms with Crippen molar-refractivity contribution in [1.29, 1.82) is 0 Å². The number of amides is 1. The maximum absolute atomic E-state index is 11.9. The molecule has 1 aromatic rings. The molecule has 1 amide bonds. The Bertz CT molecular complexity index is 444. The molecule has 0 aliphatic rings. The summed E-state index contributed by atoms with van der Waals surface area (Å²) in [4.78, 5) is 24.7. The average molecular weight is 277 g/mol. The van der Waals surface area contributed by atoms with E-state index in [0.29, 0.717) is 0 Å². The van der Waals surface area contributed by atoms with Crippen molar-refractivity contribution in [2.45, 2.75) is 13.5 Å². The number of hydrogen-bond acceptors (Lipinski definition) is 4. The number of esters is 1. The summed E-state index contributed by atoms with van der Waals surface area (Å²) in [6.45, 7) is 5.73. The predicted molar refractivity (Wildman–Crippen MR) is 75.0 cm³/mol. The van der Waals surface area contributed by atoms with Gasteiger partial charge in [0.1, 0.15) is 13.2 Å². The van der Waals surface area contributed by atoms with Crippen LogP contribution in [0, 0.1) is 0 Å². The smallest absolute Gasteiger partial charge is 0.410 e. The van der Waals surface area contributed by atoms with Gasteiger partial charge < -0.3 is 9.47 Å². The summed E-state index contributed by atoms with van der Waals surface area (Å²) in [6, 6.07) is 9.37. The van der Waals surface area contributed by atoms with Gasteiger partial charge in [0.15, 0.2) is 0 Å². The van der Waals surface area contributed by atoms with Crippen LogP contribution < -0.4 is 0 Å². The molecule has 5 heteroatoms. The van der Waals surface area contributed by atoms with Crippen molar-refractivity contribution in [3.05, 3.63) is 48.6 Å². The van der Waals surface area contributed by atoms with Crippen molar-refractivity contribution in [3.63, 3.8) is 0 Å². The van der Waals surface area contributed by atoms with Gasteiger partial charge in [0.05, 0.1) is 6.61 Å². The van der Waals surface area contributed by atoms with Gasteiger partial charge in [0, 0.05) is 6.54 Å². The van der Waals surface area contributed by atoms with Gasteiger partial charge in [-0.15, -0.1) is 0 Å². The minimum atomic E-state index is -0.568. The van der Waals surface area contributed by atoms with E-state index in [9.17, 15) is 9.59 Å². The third kappa shape index (κ3) is 5.56. The Kier molecular flexibility index (Phi) is 6.89. The molecule has 0 aliphatic carbocycles. The molecule has 1 aromatic carbocycles. The van der Waals surface area contributed by atoms with Crippen LogP contribution in [-0.2, 0) is 20.8 Å². The number of nitrogens with zero attached hydrogens (tertiary/aromatic N) is 1. The van der Waals surface area contributed by atoms with Crippen molar-refractivity contribution < 1.29 is 19.1 Å². The summed E-state index contributed by atoms with van der Waals surface area (Å²) in [5, 5.41) is 0. The van der Waals surface area contributed by atoms with E-state index in [1.165, 1.54) is 11.0 Å². The monoisotopic (exact) mass is 277 g/mol. The Morgan fingerprint density at radius 3 is 2.55 bits per heavy atom. The number of hydrogen-bond donors (Lipinski definition) is 0. The van der Waals surface area contributed by atoms with E-state index in [1.54, 1.807) is 6.92 Å². The Labute approximate surface area is 118 Å². The summed E-state index contributed by atoms with van der Waals surface area (Å²) in [5.74, 6) is -0.459. The summed E-state index contributed by atoms with van der Waals surface area (Å²) < 4.78 is 9.82. The molecule has 0 heterocycles. The highest BCUT2D eigenvalue weighted by Crippen LogP contribution is 2.06. The Hall–Kier alpha value is -2.30. The third-order valence-corrected chi connectivity index (χ3v) is 2.42. The second kappa shape index (κ2) is 8.74. The maximum Gasteiger partial charge on any atom is 0.410 e. The van der Waals surface area contributed by atoms with E-state index in [4.69, 9.17) is 9.47 Å². The van der Waals surface area contributed by atoms with Gasteiger partial charge in [-0.05, 0) is 12.5 Å². The molecular weight excluding hydrogens is 258 g/mol. The lowest BCUT2D eigenvalue weighted by atomic mass is 10.2. The van der Waals surface area contributed by atoms with Crippen molar-refractivity contribution >= 4 is 12.1 Å². The number of carbonyl (C=O) groups is 2. The van der Waals surface area contributed by atoms with Crippen LogP contribution in [0.4, 0.5) is 4.79 Å². The van der Waals surface area contributed by atoms with Crippen LogP contribution in [0.15, 0.2) is 43.0 Å². The lowest BCUT2D eigenvalue weighted by Gasteiger charge is -2.20. The van der Waals surface area contributed by atoms with E-state index in [-0.39, 0.29) is 26.3 Å². The molecule has 0 saturated carbocycles. The fraction of sp³-hybridized carbons (Fsp3) is 0.333. The lowest BCUT2D eigenvalue weighted by Crippen LogP contribution is -2.36. The number of rotatable bonds is 7. The molecule has 0 saturated heterocycles. The molecule has 0 radical (unpaired) electrons. The summed E-state index contributed by atoms with van der Waals surface area (Å²) in [5.41, 5.74) is 0.910. The highest BCUT2D eigenvalue weighted by molar-refractivity contribution is 5.78. The fourth-order valence-corrected chi connectivity index (χ4v) is 1.57. The Morgan fingerprint density at radius 2 is 1.95 bits per heavy atom. The highest BCUT2D eigenvalue weighted by Gasteiger charge is 2.19. The van der Waals surface area contributed by atoms with Crippen LogP contribution in [0.3, 0.4) is 0 Å². The van der Waals surface area contributed by atoms with Crippen LogP contribution in [-0.4, -0.2) is 36.7 Å². The molecule has 0 atom stereocenters. The highest BCUT2D eigenvalue weighted by atomic mass is 16.6. The molecule has 1 rings (SSSR count). The minimum Gasteiger partial charge on any atom is -0.465 e. The minimum absolute atomic E-state index is 0.104. The molecule has 5 nitrogen and oxygen atoms in total. The Balaban J connectivity index is 2.70. The summed E-state index contributed by atoms with van der Waals surface area (Å²) in [7, 11) is 0. The quantitative estimate of drug-likeness (QED) is 0.567. The third-order valence-electron chi connectivity index (χ3n) is 2.42. The zero-order valence-electron chi connectivity index (χ0n) is 11.6. The van der Waals surface area contributed by atoms with Crippen molar-refractivity contribution in [3.8, 4) is 0 Å². The maximum atomic E-state index is 11.9.